The third-order valence-electron chi connectivity index (χ3n) is 4.55. The van der Waals surface area contributed by atoms with Crippen LogP contribution in [0.15, 0.2) is 72.8 Å². The summed E-state index contributed by atoms with van der Waals surface area (Å²) in [5.41, 5.74) is 2.52. The molecule has 0 saturated heterocycles. The Balaban J connectivity index is 1.81. The smallest absolute Gasteiger partial charge is 0.225 e. The summed E-state index contributed by atoms with van der Waals surface area (Å²) >= 11 is 0. The van der Waals surface area contributed by atoms with Gasteiger partial charge >= 0.3 is 0 Å². The molecule has 0 fully saturated rings. The van der Waals surface area contributed by atoms with Gasteiger partial charge in [0.15, 0.2) is 0 Å². The lowest BCUT2D eigenvalue weighted by molar-refractivity contribution is -0.116. The first kappa shape index (κ1) is 19.4. The number of hydrogen-bond donors (Lipinski definition) is 1. The molecule has 28 heavy (non-hydrogen) atoms. The third kappa shape index (κ3) is 4.88. The number of methoxy groups -OCH3 is 2. The quantitative estimate of drug-likeness (QED) is 0.628. The second-order valence-corrected chi connectivity index (χ2v) is 6.36. The van der Waals surface area contributed by atoms with Gasteiger partial charge in [-0.3, -0.25) is 4.79 Å². The van der Waals surface area contributed by atoms with E-state index in [1.54, 1.807) is 50.6 Å². The largest absolute Gasteiger partial charge is 0.497 e. The second kappa shape index (κ2) is 9.04. The first-order chi connectivity index (χ1) is 13.6. The van der Waals surface area contributed by atoms with Gasteiger partial charge in [-0.05, 0) is 59.7 Å². The summed E-state index contributed by atoms with van der Waals surface area (Å²) in [7, 11) is 3.20. The Morgan fingerprint density at radius 3 is 1.79 bits per heavy atom. The SMILES string of the molecule is COc1ccc(NC(=O)C[C@@H](c2ccc(F)cc2)c2ccc(OC)cc2)cc1. The van der Waals surface area contributed by atoms with Crippen molar-refractivity contribution in [1.29, 1.82) is 0 Å². The highest BCUT2D eigenvalue weighted by atomic mass is 19.1. The van der Waals surface area contributed by atoms with E-state index in [9.17, 15) is 9.18 Å². The summed E-state index contributed by atoms with van der Waals surface area (Å²) in [5.74, 6) is 0.824. The molecule has 0 aliphatic heterocycles. The molecule has 1 atom stereocenters. The van der Waals surface area contributed by atoms with E-state index in [2.05, 4.69) is 5.32 Å². The minimum absolute atomic E-state index is 0.129. The molecule has 1 amide bonds. The highest BCUT2D eigenvalue weighted by molar-refractivity contribution is 5.91. The normalized spacial score (nSPS) is 11.5. The van der Waals surface area contributed by atoms with Crippen LogP contribution in [0.4, 0.5) is 10.1 Å². The first-order valence-electron chi connectivity index (χ1n) is 8.92. The summed E-state index contributed by atoms with van der Waals surface area (Å²) in [5, 5.41) is 2.90. The average molecular weight is 379 g/mol. The number of halogens is 1. The third-order valence-corrected chi connectivity index (χ3v) is 4.55. The zero-order valence-corrected chi connectivity index (χ0v) is 15.8. The van der Waals surface area contributed by atoms with Crippen molar-refractivity contribution in [3.05, 3.63) is 89.7 Å². The summed E-state index contributed by atoms with van der Waals surface area (Å²) in [6.45, 7) is 0. The summed E-state index contributed by atoms with van der Waals surface area (Å²) in [6, 6.07) is 21.0. The molecule has 0 spiro atoms. The Kier molecular flexibility index (Phi) is 6.27. The van der Waals surface area contributed by atoms with Crippen LogP contribution in [0, 0.1) is 5.82 Å². The summed E-state index contributed by atoms with van der Waals surface area (Å²) in [6.07, 6.45) is 0.226. The Hall–Kier alpha value is -3.34. The van der Waals surface area contributed by atoms with E-state index < -0.39 is 0 Å². The van der Waals surface area contributed by atoms with E-state index in [4.69, 9.17) is 9.47 Å². The van der Waals surface area contributed by atoms with Crippen LogP contribution in [0.5, 0.6) is 11.5 Å². The van der Waals surface area contributed by atoms with Crippen molar-refractivity contribution in [2.24, 2.45) is 0 Å². The van der Waals surface area contributed by atoms with Gasteiger partial charge in [-0.2, -0.15) is 0 Å². The van der Waals surface area contributed by atoms with E-state index in [-0.39, 0.29) is 24.1 Å². The number of nitrogens with one attached hydrogen (secondary N) is 1. The molecular formula is C23H22FNO3. The van der Waals surface area contributed by atoms with Crippen molar-refractivity contribution in [3.63, 3.8) is 0 Å². The Morgan fingerprint density at radius 1 is 0.821 bits per heavy atom. The minimum atomic E-state index is -0.306. The number of hydrogen-bond acceptors (Lipinski definition) is 3. The van der Waals surface area contributed by atoms with Crippen molar-refractivity contribution in [2.75, 3.05) is 19.5 Å². The number of amides is 1. The number of anilines is 1. The molecule has 0 aliphatic carbocycles. The molecule has 144 valence electrons. The van der Waals surface area contributed by atoms with Crippen LogP contribution >= 0.6 is 0 Å². The summed E-state index contributed by atoms with van der Waals surface area (Å²) < 4.78 is 23.7. The molecule has 0 heterocycles. The van der Waals surface area contributed by atoms with Crippen LogP contribution < -0.4 is 14.8 Å². The molecule has 0 aromatic heterocycles. The molecule has 0 radical (unpaired) electrons. The molecule has 0 bridgehead atoms. The molecule has 0 unspecified atom stereocenters. The lowest BCUT2D eigenvalue weighted by Gasteiger charge is -2.18. The second-order valence-electron chi connectivity index (χ2n) is 6.36. The van der Waals surface area contributed by atoms with Crippen LogP contribution in [-0.2, 0) is 4.79 Å². The van der Waals surface area contributed by atoms with E-state index in [1.165, 1.54) is 12.1 Å². The van der Waals surface area contributed by atoms with Gasteiger partial charge in [-0.1, -0.05) is 24.3 Å². The predicted octanol–water partition coefficient (Wildman–Crippen LogP) is 5.00. The lowest BCUT2D eigenvalue weighted by atomic mass is 9.88. The van der Waals surface area contributed by atoms with E-state index in [0.29, 0.717) is 5.69 Å². The molecule has 0 saturated carbocycles. The zero-order valence-electron chi connectivity index (χ0n) is 15.8. The van der Waals surface area contributed by atoms with Crippen LogP contribution in [0.2, 0.25) is 0 Å². The topological polar surface area (TPSA) is 47.6 Å². The van der Waals surface area contributed by atoms with Crippen molar-refractivity contribution in [1.82, 2.24) is 0 Å². The Labute approximate surface area is 163 Å². The van der Waals surface area contributed by atoms with Gasteiger partial charge in [-0.25, -0.2) is 4.39 Å². The summed E-state index contributed by atoms with van der Waals surface area (Å²) in [4.78, 5) is 12.7. The van der Waals surface area contributed by atoms with Crippen LogP contribution in [0.3, 0.4) is 0 Å². The van der Waals surface area contributed by atoms with E-state index in [1.807, 2.05) is 24.3 Å². The van der Waals surface area contributed by atoms with Crippen molar-refractivity contribution >= 4 is 11.6 Å². The molecule has 1 N–H and O–H groups in total. The van der Waals surface area contributed by atoms with Crippen molar-refractivity contribution in [2.45, 2.75) is 12.3 Å². The number of carbonyl (C=O) groups is 1. The first-order valence-corrected chi connectivity index (χ1v) is 8.92. The number of carbonyl (C=O) groups excluding carboxylic acids is 1. The van der Waals surface area contributed by atoms with E-state index >= 15 is 0 Å². The fourth-order valence-electron chi connectivity index (χ4n) is 3.03. The average Bonchev–Trinajstić information content (AvgIpc) is 2.73. The van der Waals surface area contributed by atoms with Gasteiger partial charge in [0.2, 0.25) is 5.91 Å². The zero-order chi connectivity index (χ0) is 19.9. The lowest BCUT2D eigenvalue weighted by Crippen LogP contribution is -2.16. The van der Waals surface area contributed by atoms with Crippen LogP contribution in [0.25, 0.3) is 0 Å². The molecule has 0 aliphatic rings. The van der Waals surface area contributed by atoms with Crippen LogP contribution in [-0.4, -0.2) is 20.1 Å². The van der Waals surface area contributed by atoms with E-state index in [0.717, 1.165) is 22.6 Å². The number of rotatable bonds is 7. The van der Waals surface area contributed by atoms with Crippen LogP contribution in [0.1, 0.15) is 23.5 Å². The number of benzene rings is 3. The van der Waals surface area contributed by atoms with Gasteiger partial charge in [0.1, 0.15) is 17.3 Å². The fourth-order valence-corrected chi connectivity index (χ4v) is 3.03. The highest BCUT2D eigenvalue weighted by Gasteiger charge is 2.19. The maximum Gasteiger partial charge on any atom is 0.225 e. The van der Waals surface area contributed by atoms with Gasteiger partial charge in [0, 0.05) is 18.0 Å². The van der Waals surface area contributed by atoms with Gasteiger partial charge in [0.25, 0.3) is 0 Å². The molecule has 3 rings (SSSR count). The number of ether oxygens (including phenoxy) is 2. The van der Waals surface area contributed by atoms with Gasteiger partial charge < -0.3 is 14.8 Å². The molecule has 5 heteroatoms. The fraction of sp³-hybridized carbons (Fsp3) is 0.174. The maximum absolute atomic E-state index is 13.4. The monoisotopic (exact) mass is 379 g/mol. The van der Waals surface area contributed by atoms with Crippen molar-refractivity contribution < 1.29 is 18.7 Å². The molecule has 3 aromatic rings. The molecule has 4 nitrogen and oxygen atoms in total. The van der Waals surface area contributed by atoms with Gasteiger partial charge in [-0.15, -0.1) is 0 Å². The maximum atomic E-state index is 13.4. The van der Waals surface area contributed by atoms with Crippen molar-refractivity contribution in [3.8, 4) is 11.5 Å². The predicted molar refractivity (Wildman–Crippen MR) is 107 cm³/mol. The standard InChI is InChI=1S/C23H22FNO3/c1-27-20-11-5-17(6-12-20)22(16-3-7-18(24)8-4-16)15-23(26)25-19-9-13-21(28-2)14-10-19/h3-14,22H,15H2,1-2H3,(H,25,26)/t22-/m0/s1. The highest BCUT2D eigenvalue weighted by Crippen LogP contribution is 2.30. The molecule has 3 aromatic carbocycles. The minimum Gasteiger partial charge on any atom is -0.497 e. The molecular weight excluding hydrogens is 357 g/mol. The Bertz CT molecular complexity index is 906. The van der Waals surface area contributed by atoms with Gasteiger partial charge in [0.05, 0.1) is 14.2 Å². The Morgan fingerprint density at radius 2 is 1.29 bits per heavy atom.